The number of benzene rings is 2. The molecule has 7 heteroatoms. The Morgan fingerprint density at radius 3 is 2.67 bits per heavy atom. The fraction of sp³-hybridized carbons (Fsp3) is 0.0714. The number of hydrogen-bond donors (Lipinski definition) is 1. The van der Waals surface area contributed by atoms with Crippen LogP contribution in [0, 0.1) is 22.9 Å². The van der Waals surface area contributed by atoms with Crippen molar-refractivity contribution in [3.63, 3.8) is 0 Å². The van der Waals surface area contributed by atoms with Gasteiger partial charge in [0.25, 0.3) is 11.6 Å². The van der Waals surface area contributed by atoms with E-state index >= 15 is 0 Å². The molecule has 0 aliphatic rings. The highest BCUT2D eigenvalue weighted by Gasteiger charge is 2.17. The molecular formula is C14H10ClFN2O3. The van der Waals surface area contributed by atoms with Crippen LogP contribution in [0.1, 0.15) is 15.9 Å². The van der Waals surface area contributed by atoms with Crippen LogP contribution >= 0.6 is 11.6 Å². The molecular weight excluding hydrogens is 299 g/mol. The molecule has 0 heterocycles. The number of non-ortho nitro benzene ring substituents is 1. The largest absolute Gasteiger partial charge is 0.321 e. The average Bonchev–Trinajstić information content (AvgIpc) is 2.40. The third kappa shape index (κ3) is 3.17. The molecule has 0 saturated carbocycles. The SMILES string of the molecule is Cc1ccc([N+](=O)[O-])cc1NC(=O)c1c(F)cccc1Cl. The minimum absolute atomic E-state index is 0.0319. The Labute approximate surface area is 124 Å². The predicted molar refractivity (Wildman–Crippen MR) is 77.2 cm³/mol. The summed E-state index contributed by atoms with van der Waals surface area (Å²) in [5.74, 6) is -1.52. The van der Waals surface area contributed by atoms with Crippen LogP contribution in [0.15, 0.2) is 36.4 Å². The van der Waals surface area contributed by atoms with E-state index in [1.165, 1.54) is 30.3 Å². The number of carbonyl (C=O) groups excluding carboxylic acids is 1. The van der Waals surface area contributed by atoms with Gasteiger partial charge in [0.2, 0.25) is 0 Å². The van der Waals surface area contributed by atoms with Crippen molar-refractivity contribution < 1.29 is 14.1 Å². The van der Waals surface area contributed by atoms with Gasteiger partial charge in [-0.3, -0.25) is 14.9 Å². The molecule has 0 aliphatic carbocycles. The maximum absolute atomic E-state index is 13.7. The van der Waals surface area contributed by atoms with Crippen LogP contribution in [0.25, 0.3) is 0 Å². The van der Waals surface area contributed by atoms with Crippen molar-refractivity contribution in [2.75, 3.05) is 5.32 Å². The summed E-state index contributed by atoms with van der Waals surface area (Å²) in [6.07, 6.45) is 0. The van der Waals surface area contributed by atoms with Crippen LogP contribution < -0.4 is 5.32 Å². The molecule has 0 bridgehead atoms. The Morgan fingerprint density at radius 1 is 1.33 bits per heavy atom. The van der Waals surface area contributed by atoms with Crippen molar-refractivity contribution in [3.05, 3.63) is 68.5 Å². The Morgan fingerprint density at radius 2 is 2.05 bits per heavy atom. The summed E-state index contributed by atoms with van der Waals surface area (Å²) in [6.45, 7) is 1.67. The van der Waals surface area contributed by atoms with Crippen LogP contribution in [0.4, 0.5) is 15.8 Å². The van der Waals surface area contributed by atoms with Crippen molar-refractivity contribution in [1.29, 1.82) is 0 Å². The van der Waals surface area contributed by atoms with Gasteiger partial charge in [-0.2, -0.15) is 0 Å². The van der Waals surface area contributed by atoms with Gasteiger partial charge in [-0.25, -0.2) is 4.39 Å². The van der Waals surface area contributed by atoms with E-state index in [0.29, 0.717) is 5.56 Å². The fourth-order valence-corrected chi connectivity index (χ4v) is 2.01. The molecule has 21 heavy (non-hydrogen) atoms. The van der Waals surface area contributed by atoms with Gasteiger partial charge in [0.1, 0.15) is 5.82 Å². The summed E-state index contributed by atoms with van der Waals surface area (Å²) < 4.78 is 13.7. The topological polar surface area (TPSA) is 72.2 Å². The molecule has 0 aliphatic heterocycles. The molecule has 2 aromatic carbocycles. The molecule has 1 N–H and O–H groups in total. The van der Waals surface area contributed by atoms with E-state index in [-0.39, 0.29) is 22.0 Å². The summed E-state index contributed by atoms with van der Waals surface area (Å²) >= 11 is 5.80. The highest BCUT2D eigenvalue weighted by molar-refractivity contribution is 6.34. The number of halogens is 2. The van der Waals surface area contributed by atoms with E-state index < -0.39 is 16.6 Å². The van der Waals surface area contributed by atoms with Gasteiger partial charge < -0.3 is 5.32 Å². The van der Waals surface area contributed by atoms with Gasteiger partial charge in [0.05, 0.1) is 21.2 Å². The summed E-state index contributed by atoms with van der Waals surface area (Å²) in [4.78, 5) is 22.2. The Balaban J connectivity index is 2.36. The number of amides is 1. The lowest BCUT2D eigenvalue weighted by Gasteiger charge is -2.10. The molecule has 0 spiro atoms. The summed E-state index contributed by atoms with van der Waals surface area (Å²) in [5.41, 5.74) is 0.371. The highest BCUT2D eigenvalue weighted by Crippen LogP contribution is 2.24. The number of nitro benzene ring substituents is 1. The fourth-order valence-electron chi connectivity index (χ4n) is 1.76. The van der Waals surface area contributed by atoms with Crippen molar-refractivity contribution in [1.82, 2.24) is 0 Å². The minimum Gasteiger partial charge on any atom is -0.321 e. The van der Waals surface area contributed by atoms with Gasteiger partial charge in [0, 0.05) is 12.1 Å². The number of carbonyl (C=O) groups is 1. The first kappa shape index (κ1) is 14.9. The summed E-state index contributed by atoms with van der Waals surface area (Å²) in [7, 11) is 0. The molecule has 1 amide bonds. The number of nitro groups is 1. The normalized spacial score (nSPS) is 10.2. The van der Waals surface area contributed by atoms with Crippen molar-refractivity contribution in [2.24, 2.45) is 0 Å². The molecule has 108 valence electrons. The first-order chi connectivity index (χ1) is 9.90. The standard InChI is InChI=1S/C14H10ClFN2O3/c1-8-5-6-9(18(20)21)7-12(8)17-14(19)13-10(15)3-2-4-11(13)16/h2-7H,1H3,(H,17,19). The van der Waals surface area contributed by atoms with Crippen LogP contribution in [-0.4, -0.2) is 10.8 Å². The van der Waals surface area contributed by atoms with Gasteiger partial charge in [-0.05, 0) is 24.6 Å². The number of nitrogens with zero attached hydrogens (tertiary/aromatic N) is 1. The van der Waals surface area contributed by atoms with E-state index in [9.17, 15) is 19.3 Å². The van der Waals surface area contributed by atoms with E-state index in [0.717, 1.165) is 6.07 Å². The van der Waals surface area contributed by atoms with Gasteiger partial charge in [-0.1, -0.05) is 23.7 Å². The van der Waals surface area contributed by atoms with Crippen LogP contribution in [0.5, 0.6) is 0 Å². The van der Waals surface area contributed by atoms with Crippen molar-refractivity contribution in [2.45, 2.75) is 6.92 Å². The first-order valence-electron chi connectivity index (χ1n) is 5.90. The zero-order valence-corrected chi connectivity index (χ0v) is 11.6. The second-order valence-corrected chi connectivity index (χ2v) is 4.71. The first-order valence-corrected chi connectivity index (χ1v) is 6.28. The molecule has 0 fully saturated rings. The quantitative estimate of drug-likeness (QED) is 0.689. The molecule has 0 atom stereocenters. The Kier molecular flexibility index (Phi) is 4.18. The van der Waals surface area contributed by atoms with E-state index in [4.69, 9.17) is 11.6 Å². The lowest BCUT2D eigenvalue weighted by Crippen LogP contribution is -2.15. The third-order valence-electron chi connectivity index (χ3n) is 2.87. The molecule has 0 saturated heterocycles. The monoisotopic (exact) mass is 308 g/mol. The summed E-state index contributed by atoms with van der Waals surface area (Å²) in [6, 6.07) is 7.91. The third-order valence-corrected chi connectivity index (χ3v) is 3.18. The number of nitrogens with one attached hydrogen (secondary N) is 1. The van der Waals surface area contributed by atoms with Gasteiger partial charge >= 0.3 is 0 Å². The van der Waals surface area contributed by atoms with Crippen LogP contribution in [0.3, 0.4) is 0 Å². The minimum atomic E-state index is -0.762. The van der Waals surface area contributed by atoms with Crippen LogP contribution in [-0.2, 0) is 0 Å². The van der Waals surface area contributed by atoms with Crippen LogP contribution in [0.2, 0.25) is 5.02 Å². The smallest absolute Gasteiger partial charge is 0.271 e. The molecule has 0 radical (unpaired) electrons. The summed E-state index contributed by atoms with van der Waals surface area (Å²) in [5, 5.41) is 13.1. The molecule has 5 nitrogen and oxygen atoms in total. The molecule has 0 unspecified atom stereocenters. The van der Waals surface area contributed by atoms with E-state index in [2.05, 4.69) is 5.32 Å². The second kappa shape index (κ2) is 5.88. The molecule has 0 aromatic heterocycles. The Hall–Kier alpha value is -2.47. The van der Waals surface area contributed by atoms with E-state index in [1.54, 1.807) is 6.92 Å². The number of hydrogen-bond acceptors (Lipinski definition) is 3. The van der Waals surface area contributed by atoms with E-state index in [1.807, 2.05) is 0 Å². The maximum Gasteiger partial charge on any atom is 0.271 e. The number of anilines is 1. The second-order valence-electron chi connectivity index (χ2n) is 4.31. The van der Waals surface area contributed by atoms with Gasteiger partial charge in [0.15, 0.2) is 0 Å². The zero-order valence-electron chi connectivity index (χ0n) is 10.9. The highest BCUT2D eigenvalue weighted by atomic mass is 35.5. The maximum atomic E-state index is 13.7. The number of aryl methyl sites for hydroxylation is 1. The molecule has 2 rings (SSSR count). The zero-order chi connectivity index (χ0) is 15.6. The molecule has 2 aromatic rings. The van der Waals surface area contributed by atoms with Gasteiger partial charge in [-0.15, -0.1) is 0 Å². The lowest BCUT2D eigenvalue weighted by atomic mass is 10.1. The number of rotatable bonds is 3. The van der Waals surface area contributed by atoms with Crippen molar-refractivity contribution >= 4 is 28.9 Å². The predicted octanol–water partition coefficient (Wildman–Crippen LogP) is 3.95. The lowest BCUT2D eigenvalue weighted by molar-refractivity contribution is -0.384. The Bertz CT molecular complexity index is 714. The average molecular weight is 309 g/mol. The van der Waals surface area contributed by atoms with Crippen molar-refractivity contribution in [3.8, 4) is 0 Å².